The monoisotopic (exact) mass is 304 g/mol. The number of hydrogen-bond acceptors (Lipinski definition) is 2. The van der Waals surface area contributed by atoms with Crippen molar-refractivity contribution in [2.24, 2.45) is 0 Å². The molecule has 0 spiro atoms. The maximum atomic E-state index is 13.2. The fraction of sp³-hybridized carbons (Fsp3) is 0.455. The van der Waals surface area contributed by atoms with Crippen LogP contribution in [0.4, 0.5) is 17.3 Å². The third-order valence-corrected chi connectivity index (χ3v) is 2.13. The second kappa shape index (κ2) is 8.64. The first-order chi connectivity index (χ1) is 8.30. The average Bonchev–Trinajstić information content (AvgIpc) is 2.22. The van der Waals surface area contributed by atoms with Crippen LogP contribution < -0.4 is 61.6 Å². The third kappa shape index (κ3) is 7.10. The van der Waals surface area contributed by atoms with Crippen molar-refractivity contribution >= 4 is 12.4 Å². The summed E-state index contributed by atoms with van der Waals surface area (Å²) in [5.41, 5.74) is -1.24. The molecule has 0 amide bonds. The Hall–Kier alpha value is 0.401. The fourth-order valence-electron chi connectivity index (χ4n) is 1.31. The number of benzene rings is 1. The van der Waals surface area contributed by atoms with Crippen LogP contribution in [0.1, 0.15) is 13.8 Å². The van der Waals surface area contributed by atoms with Gasteiger partial charge in [0.15, 0.2) is 0 Å². The van der Waals surface area contributed by atoms with E-state index in [9.17, 15) is 17.3 Å². The largest absolute Gasteiger partial charge is 1.00 e. The fourth-order valence-corrected chi connectivity index (χ4v) is 1.31. The van der Waals surface area contributed by atoms with E-state index < -0.39 is 18.3 Å². The van der Waals surface area contributed by atoms with Crippen LogP contribution in [-0.2, 0) is 4.74 Å². The van der Waals surface area contributed by atoms with Gasteiger partial charge in [0.25, 0.3) is 0 Å². The van der Waals surface area contributed by atoms with Gasteiger partial charge in [-0.2, -0.15) is 0 Å². The van der Waals surface area contributed by atoms with Crippen LogP contribution in [0.2, 0.25) is 0 Å². The van der Waals surface area contributed by atoms with E-state index in [-0.39, 0.29) is 69.8 Å². The van der Waals surface area contributed by atoms with Gasteiger partial charge in [-0.3, -0.25) is 0 Å². The molecule has 0 aromatic heterocycles. The van der Waals surface area contributed by atoms with Crippen LogP contribution in [-0.4, -0.2) is 26.3 Å². The Bertz CT molecular complexity index is 399. The summed E-state index contributed by atoms with van der Waals surface area (Å²) in [5, 5.41) is 0. The minimum absolute atomic E-state index is 0. The van der Waals surface area contributed by atoms with Gasteiger partial charge >= 0.3 is 58.4 Å². The Labute approximate surface area is 152 Å². The molecular formula is C11H14BF4KO2. The molecule has 1 rings (SSSR count). The summed E-state index contributed by atoms with van der Waals surface area (Å²) in [6.07, 6.45) is 0.0423. The van der Waals surface area contributed by atoms with E-state index in [2.05, 4.69) is 0 Å². The number of halogens is 4. The predicted octanol–water partition coefficient (Wildman–Crippen LogP) is -0.312. The van der Waals surface area contributed by atoms with Crippen LogP contribution >= 0.6 is 0 Å². The Morgan fingerprint density at radius 2 is 1.79 bits per heavy atom. The van der Waals surface area contributed by atoms with Gasteiger partial charge in [-0.15, -0.1) is 0 Å². The van der Waals surface area contributed by atoms with Crippen molar-refractivity contribution in [1.82, 2.24) is 0 Å². The smallest absolute Gasteiger partial charge is 0.491 e. The molecule has 0 bridgehead atoms. The molecule has 1 aromatic rings. The van der Waals surface area contributed by atoms with E-state index in [0.29, 0.717) is 12.7 Å². The molecular weight excluding hydrogens is 290 g/mol. The molecule has 0 atom stereocenters. The van der Waals surface area contributed by atoms with E-state index in [1.54, 1.807) is 0 Å². The summed E-state index contributed by atoms with van der Waals surface area (Å²) < 4.78 is 60.4. The second-order valence-corrected chi connectivity index (χ2v) is 4.03. The first kappa shape index (κ1) is 19.4. The summed E-state index contributed by atoms with van der Waals surface area (Å²) in [4.78, 5) is 0. The van der Waals surface area contributed by atoms with Gasteiger partial charge in [0.1, 0.15) is 12.4 Å². The molecule has 0 radical (unpaired) electrons. The van der Waals surface area contributed by atoms with Gasteiger partial charge in [-0.05, 0) is 19.9 Å². The normalized spacial score (nSPS) is 11.3. The molecule has 0 aliphatic carbocycles. The van der Waals surface area contributed by atoms with Gasteiger partial charge in [-0.1, -0.05) is 11.5 Å². The molecule has 0 N–H and O–H groups in total. The van der Waals surface area contributed by atoms with Gasteiger partial charge in [0.05, 0.1) is 18.5 Å². The summed E-state index contributed by atoms with van der Waals surface area (Å²) in [7, 11) is 0. The van der Waals surface area contributed by atoms with Gasteiger partial charge in [0, 0.05) is 6.07 Å². The van der Waals surface area contributed by atoms with E-state index >= 15 is 0 Å². The zero-order valence-electron chi connectivity index (χ0n) is 11.1. The molecule has 0 unspecified atom stereocenters. The summed E-state index contributed by atoms with van der Waals surface area (Å²) >= 11 is 0. The molecule has 0 saturated heterocycles. The maximum Gasteiger partial charge on any atom is 1.00 e. The van der Waals surface area contributed by atoms with E-state index in [1.807, 2.05) is 13.8 Å². The van der Waals surface area contributed by atoms with Crippen molar-refractivity contribution in [2.45, 2.75) is 20.0 Å². The summed E-state index contributed by atoms with van der Waals surface area (Å²) in [6.45, 7) is -1.18. The first-order valence-corrected chi connectivity index (χ1v) is 5.54. The molecule has 102 valence electrons. The molecule has 0 saturated carbocycles. The minimum atomic E-state index is -5.33. The van der Waals surface area contributed by atoms with Crippen molar-refractivity contribution in [2.75, 3.05) is 13.2 Å². The SMILES string of the molecule is CC(C)OCCOc1ccc([B-](F)(F)F)c(F)c1.[K+]. The zero-order chi connectivity index (χ0) is 13.8. The van der Waals surface area contributed by atoms with Gasteiger partial charge in [-0.25, -0.2) is 4.39 Å². The second-order valence-electron chi connectivity index (χ2n) is 4.03. The van der Waals surface area contributed by atoms with Crippen molar-refractivity contribution in [1.29, 1.82) is 0 Å². The van der Waals surface area contributed by atoms with Crippen LogP contribution in [0.15, 0.2) is 18.2 Å². The molecule has 0 heterocycles. The standard InChI is InChI=1S/C11H14BF4O2.K/c1-8(2)17-5-6-18-9-3-4-10(11(13)7-9)12(14,15)16;/h3-4,7-8H,5-6H2,1-2H3;/q-1;+1. The quantitative estimate of drug-likeness (QED) is 0.408. The molecule has 1 aromatic carbocycles. The zero-order valence-corrected chi connectivity index (χ0v) is 14.3. The average molecular weight is 304 g/mol. The van der Waals surface area contributed by atoms with Crippen LogP contribution in [0.3, 0.4) is 0 Å². The third-order valence-electron chi connectivity index (χ3n) is 2.13. The maximum absolute atomic E-state index is 13.2. The number of ether oxygens (including phenoxy) is 2. The van der Waals surface area contributed by atoms with E-state index in [0.717, 1.165) is 12.1 Å². The van der Waals surface area contributed by atoms with E-state index in [1.165, 1.54) is 0 Å². The van der Waals surface area contributed by atoms with Crippen LogP contribution in [0.5, 0.6) is 5.75 Å². The van der Waals surface area contributed by atoms with Crippen molar-refractivity contribution in [3.63, 3.8) is 0 Å². The summed E-state index contributed by atoms with van der Waals surface area (Å²) in [6, 6.07) is 2.52. The Balaban J connectivity index is 0.00000324. The minimum Gasteiger partial charge on any atom is -0.491 e. The Kier molecular flexibility index (Phi) is 8.82. The van der Waals surface area contributed by atoms with E-state index in [4.69, 9.17) is 9.47 Å². The molecule has 2 nitrogen and oxygen atoms in total. The number of hydrogen-bond donors (Lipinski definition) is 0. The van der Waals surface area contributed by atoms with Crippen LogP contribution in [0.25, 0.3) is 0 Å². The van der Waals surface area contributed by atoms with Crippen molar-refractivity contribution in [3.05, 3.63) is 24.0 Å². The van der Waals surface area contributed by atoms with Crippen LogP contribution in [0, 0.1) is 5.82 Å². The number of rotatable bonds is 6. The van der Waals surface area contributed by atoms with Crippen molar-refractivity contribution in [3.8, 4) is 5.75 Å². The Morgan fingerprint density at radius 1 is 1.16 bits per heavy atom. The Morgan fingerprint density at radius 3 is 2.26 bits per heavy atom. The van der Waals surface area contributed by atoms with Gasteiger partial charge in [0.2, 0.25) is 0 Å². The predicted molar refractivity (Wildman–Crippen MR) is 61.7 cm³/mol. The van der Waals surface area contributed by atoms with Gasteiger partial charge < -0.3 is 22.4 Å². The van der Waals surface area contributed by atoms with Crippen molar-refractivity contribution < 1.29 is 78.2 Å². The summed E-state index contributed by atoms with van der Waals surface area (Å²) in [5.74, 6) is -1.26. The topological polar surface area (TPSA) is 18.5 Å². The molecule has 0 aliphatic rings. The molecule has 8 heteroatoms. The molecule has 0 aliphatic heterocycles. The molecule has 0 fully saturated rings. The molecule has 19 heavy (non-hydrogen) atoms. The first-order valence-electron chi connectivity index (χ1n) is 5.54.